The van der Waals surface area contributed by atoms with E-state index >= 15 is 0 Å². The molecule has 5 heteroatoms. The van der Waals surface area contributed by atoms with Gasteiger partial charge in [0.05, 0.1) is 16.6 Å². The number of aryl methyl sites for hydroxylation is 2. The van der Waals surface area contributed by atoms with Crippen LogP contribution in [0.15, 0.2) is 53.6 Å². The van der Waals surface area contributed by atoms with Crippen molar-refractivity contribution < 1.29 is 0 Å². The third kappa shape index (κ3) is 2.43. The van der Waals surface area contributed by atoms with Crippen LogP contribution in [0.3, 0.4) is 0 Å². The fourth-order valence-corrected chi connectivity index (χ4v) is 3.32. The maximum Gasteiger partial charge on any atom is 0.261 e. The van der Waals surface area contributed by atoms with Crippen LogP contribution in [0.1, 0.15) is 26.0 Å². The molecule has 0 spiro atoms. The Bertz CT molecular complexity index is 1110. The molecule has 0 saturated carbocycles. The summed E-state index contributed by atoms with van der Waals surface area (Å²) in [6.07, 6.45) is 5.26. The normalized spacial score (nSPS) is 11.4. The average molecular weight is 332 g/mol. The van der Waals surface area contributed by atoms with Gasteiger partial charge in [-0.15, -0.1) is 0 Å². The lowest BCUT2D eigenvalue weighted by Gasteiger charge is -2.06. The van der Waals surface area contributed by atoms with Crippen LogP contribution in [-0.2, 0) is 13.0 Å². The maximum absolute atomic E-state index is 12.7. The first-order chi connectivity index (χ1) is 12.2. The predicted molar refractivity (Wildman–Crippen MR) is 99.9 cm³/mol. The molecule has 0 amide bonds. The van der Waals surface area contributed by atoms with E-state index in [-0.39, 0.29) is 5.56 Å². The monoisotopic (exact) mass is 332 g/mol. The van der Waals surface area contributed by atoms with E-state index in [1.54, 1.807) is 10.8 Å². The van der Waals surface area contributed by atoms with Crippen LogP contribution in [0.2, 0.25) is 0 Å². The molecule has 0 unspecified atom stereocenters. The van der Waals surface area contributed by atoms with E-state index in [0.29, 0.717) is 11.9 Å². The number of pyridine rings is 1. The topological polar surface area (TPSA) is 52.2 Å². The molecule has 0 atom stereocenters. The highest BCUT2D eigenvalue weighted by atomic mass is 16.1. The average Bonchev–Trinajstić information content (AvgIpc) is 3.03. The number of fused-ring (bicyclic) bond motifs is 3. The van der Waals surface area contributed by atoms with Crippen LogP contribution in [0, 0.1) is 0 Å². The summed E-state index contributed by atoms with van der Waals surface area (Å²) >= 11 is 0. The SMILES string of the molecule is CCCn1ccc2c(cnc3c(-c4ccccc4)c(CC)nn32)c1=O. The van der Waals surface area contributed by atoms with Gasteiger partial charge in [-0.2, -0.15) is 5.10 Å². The Morgan fingerprint density at radius 3 is 2.60 bits per heavy atom. The molecule has 3 aromatic heterocycles. The smallest absolute Gasteiger partial charge is 0.261 e. The summed E-state index contributed by atoms with van der Waals surface area (Å²) in [4.78, 5) is 17.3. The molecule has 0 aliphatic carbocycles. The van der Waals surface area contributed by atoms with Gasteiger partial charge in [-0.25, -0.2) is 9.50 Å². The van der Waals surface area contributed by atoms with E-state index < -0.39 is 0 Å². The van der Waals surface area contributed by atoms with Crippen molar-refractivity contribution in [2.75, 3.05) is 0 Å². The van der Waals surface area contributed by atoms with Crippen LogP contribution in [0.5, 0.6) is 0 Å². The zero-order valence-corrected chi connectivity index (χ0v) is 14.4. The van der Waals surface area contributed by atoms with Gasteiger partial charge in [0.1, 0.15) is 0 Å². The summed E-state index contributed by atoms with van der Waals surface area (Å²) in [6, 6.07) is 12.1. The Labute approximate surface area is 145 Å². The highest BCUT2D eigenvalue weighted by Gasteiger charge is 2.17. The van der Waals surface area contributed by atoms with Crippen molar-refractivity contribution in [3.63, 3.8) is 0 Å². The van der Waals surface area contributed by atoms with E-state index in [0.717, 1.165) is 40.8 Å². The lowest BCUT2D eigenvalue weighted by molar-refractivity contribution is 0.658. The van der Waals surface area contributed by atoms with Gasteiger partial charge in [-0.3, -0.25) is 4.79 Å². The molecule has 126 valence electrons. The largest absolute Gasteiger partial charge is 0.315 e. The second-order valence-electron chi connectivity index (χ2n) is 6.15. The van der Waals surface area contributed by atoms with Crippen molar-refractivity contribution in [2.45, 2.75) is 33.2 Å². The summed E-state index contributed by atoms with van der Waals surface area (Å²) < 4.78 is 3.55. The third-order valence-electron chi connectivity index (χ3n) is 4.52. The lowest BCUT2D eigenvalue weighted by atomic mass is 10.0. The Kier molecular flexibility index (Phi) is 3.84. The molecule has 0 aliphatic rings. The Morgan fingerprint density at radius 2 is 1.88 bits per heavy atom. The summed E-state index contributed by atoms with van der Waals surface area (Å²) in [6.45, 7) is 4.86. The highest BCUT2D eigenvalue weighted by Crippen LogP contribution is 2.29. The Morgan fingerprint density at radius 1 is 1.08 bits per heavy atom. The van der Waals surface area contributed by atoms with Crippen LogP contribution >= 0.6 is 0 Å². The number of aromatic nitrogens is 4. The van der Waals surface area contributed by atoms with E-state index in [9.17, 15) is 4.79 Å². The van der Waals surface area contributed by atoms with E-state index in [1.165, 1.54) is 0 Å². The molecule has 5 nitrogen and oxygen atoms in total. The maximum atomic E-state index is 12.7. The molecular weight excluding hydrogens is 312 g/mol. The van der Waals surface area contributed by atoms with Gasteiger partial charge in [-0.1, -0.05) is 44.2 Å². The number of benzene rings is 1. The zero-order chi connectivity index (χ0) is 17.4. The molecule has 1 aromatic carbocycles. The van der Waals surface area contributed by atoms with Gasteiger partial charge >= 0.3 is 0 Å². The summed E-state index contributed by atoms with van der Waals surface area (Å²) in [5, 5.41) is 5.36. The van der Waals surface area contributed by atoms with Gasteiger partial charge in [0, 0.05) is 24.5 Å². The van der Waals surface area contributed by atoms with Crippen molar-refractivity contribution in [2.24, 2.45) is 0 Å². The molecule has 0 fully saturated rings. The van der Waals surface area contributed by atoms with Gasteiger partial charge in [0.15, 0.2) is 5.65 Å². The Hall–Kier alpha value is -2.95. The molecule has 4 rings (SSSR count). The minimum Gasteiger partial charge on any atom is -0.315 e. The van der Waals surface area contributed by atoms with Crippen molar-refractivity contribution in [1.82, 2.24) is 19.2 Å². The second-order valence-corrected chi connectivity index (χ2v) is 6.15. The second kappa shape index (κ2) is 6.16. The Balaban J connectivity index is 2.05. The van der Waals surface area contributed by atoms with Crippen molar-refractivity contribution >= 4 is 16.6 Å². The van der Waals surface area contributed by atoms with Crippen LogP contribution < -0.4 is 5.56 Å². The first kappa shape index (κ1) is 15.6. The predicted octanol–water partition coefficient (Wildman–Crippen LogP) is 3.68. The van der Waals surface area contributed by atoms with Crippen LogP contribution in [-0.4, -0.2) is 19.2 Å². The standard InChI is InChI=1S/C20H20N4O/c1-3-11-23-12-10-17-15(20(23)25)13-21-19-18(14-8-6-5-7-9-14)16(4-2)22-24(17)19/h5-10,12-13H,3-4,11H2,1-2H3. The summed E-state index contributed by atoms with van der Waals surface area (Å²) in [5.74, 6) is 0. The molecule has 0 saturated heterocycles. The molecule has 0 aliphatic heterocycles. The third-order valence-corrected chi connectivity index (χ3v) is 4.52. The zero-order valence-electron chi connectivity index (χ0n) is 14.4. The highest BCUT2D eigenvalue weighted by molar-refractivity contribution is 5.86. The fraction of sp³-hybridized carbons (Fsp3) is 0.250. The number of nitrogens with zero attached hydrogens (tertiary/aromatic N) is 4. The quantitative estimate of drug-likeness (QED) is 0.573. The van der Waals surface area contributed by atoms with Crippen LogP contribution in [0.4, 0.5) is 0 Å². The number of hydrogen-bond donors (Lipinski definition) is 0. The van der Waals surface area contributed by atoms with Gasteiger partial charge in [-0.05, 0) is 24.5 Å². The van der Waals surface area contributed by atoms with Crippen molar-refractivity contribution in [3.8, 4) is 11.1 Å². The minimum atomic E-state index is -0.0106. The molecule has 25 heavy (non-hydrogen) atoms. The minimum absolute atomic E-state index is 0.0106. The summed E-state index contributed by atoms with van der Waals surface area (Å²) in [7, 11) is 0. The molecule has 0 bridgehead atoms. The first-order valence-electron chi connectivity index (χ1n) is 8.69. The van der Waals surface area contributed by atoms with Gasteiger partial charge < -0.3 is 4.57 Å². The van der Waals surface area contributed by atoms with Crippen LogP contribution in [0.25, 0.3) is 27.7 Å². The van der Waals surface area contributed by atoms with E-state index in [1.807, 2.05) is 35.0 Å². The molecule has 3 heterocycles. The number of rotatable bonds is 4. The molecule has 0 radical (unpaired) electrons. The lowest BCUT2D eigenvalue weighted by Crippen LogP contribution is -2.20. The van der Waals surface area contributed by atoms with Crippen molar-refractivity contribution in [1.29, 1.82) is 0 Å². The van der Waals surface area contributed by atoms with E-state index in [4.69, 9.17) is 5.10 Å². The van der Waals surface area contributed by atoms with Gasteiger partial charge in [0.2, 0.25) is 0 Å². The van der Waals surface area contributed by atoms with Crippen molar-refractivity contribution in [3.05, 3.63) is 64.8 Å². The molecule has 0 N–H and O–H groups in total. The fourth-order valence-electron chi connectivity index (χ4n) is 3.32. The first-order valence-corrected chi connectivity index (χ1v) is 8.69. The molecular formula is C20H20N4O. The molecule has 4 aromatic rings. The summed E-state index contributed by atoms with van der Waals surface area (Å²) in [5.41, 5.74) is 4.72. The number of hydrogen-bond acceptors (Lipinski definition) is 3. The van der Waals surface area contributed by atoms with Gasteiger partial charge in [0.25, 0.3) is 5.56 Å². The van der Waals surface area contributed by atoms with E-state index in [2.05, 4.69) is 31.0 Å².